The van der Waals surface area contributed by atoms with Crippen LogP contribution in [0.4, 0.5) is 0 Å². The van der Waals surface area contributed by atoms with Crippen LogP contribution in [0, 0.1) is 8.80 Å². The molecule has 1 heterocycles. The predicted molar refractivity (Wildman–Crippen MR) is 63.9 cm³/mol. The van der Waals surface area contributed by atoms with Crippen molar-refractivity contribution >= 4 is 33.9 Å². The van der Waals surface area contributed by atoms with Gasteiger partial charge >= 0.3 is 0 Å². The normalized spacial score (nSPS) is 32.1. The fourth-order valence-corrected chi connectivity index (χ4v) is 3.32. The number of aliphatic hydroxyl groups is 1. The zero-order chi connectivity index (χ0) is 9.47. The second-order valence-corrected chi connectivity index (χ2v) is 6.56. The molecule has 0 bridgehead atoms. The second kappa shape index (κ2) is 3.51. The SMILES string of the molecule is CCCC1CC1(O)c1csc(I)c1. The van der Waals surface area contributed by atoms with Crippen LogP contribution in [0.5, 0.6) is 0 Å². The maximum absolute atomic E-state index is 10.2. The van der Waals surface area contributed by atoms with E-state index in [0.717, 1.165) is 18.4 Å². The highest BCUT2D eigenvalue weighted by molar-refractivity contribution is 14.1. The highest BCUT2D eigenvalue weighted by Gasteiger charge is 2.53. The van der Waals surface area contributed by atoms with E-state index in [0.29, 0.717) is 5.92 Å². The molecule has 13 heavy (non-hydrogen) atoms. The molecule has 2 atom stereocenters. The van der Waals surface area contributed by atoms with Crippen LogP contribution in [0.25, 0.3) is 0 Å². The lowest BCUT2D eigenvalue weighted by atomic mass is 10.1. The van der Waals surface area contributed by atoms with Gasteiger partial charge in [0.1, 0.15) is 0 Å². The number of hydrogen-bond donors (Lipinski definition) is 1. The fraction of sp³-hybridized carbons (Fsp3) is 0.600. The molecule has 1 saturated carbocycles. The first-order valence-electron chi connectivity index (χ1n) is 4.63. The van der Waals surface area contributed by atoms with Crippen molar-refractivity contribution in [2.45, 2.75) is 31.8 Å². The van der Waals surface area contributed by atoms with Crippen LogP contribution in [0.2, 0.25) is 0 Å². The first-order valence-corrected chi connectivity index (χ1v) is 6.59. The summed E-state index contributed by atoms with van der Waals surface area (Å²) < 4.78 is 1.27. The maximum Gasteiger partial charge on any atom is 0.0937 e. The summed E-state index contributed by atoms with van der Waals surface area (Å²) in [4.78, 5) is 0. The summed E-state index contributed by atoms with van der Waals surface area (Å²) >= 11 is 4.02. The Labute approximate surface area is 96.3 Å². The molecule has 1 aromatic rings. The highest BCUT2D eigenvalue weighted by atomic mass is 127. The van der Waals surface area contributed by atoms with Gasteiger partial charge < -0.3 is 5.11 Å². The lowest BCUT2D eigenvalue weighted by Crippen LogP contribution is -2.06. The van der Waals surface area contributed by atoms with Crippen molar-refractivity contribution in [3.8, 4) is 0 Å². The van der Waals surface area contributed by atoms with E-state index in [1.807, 2.05) is 0 Å². The van der Waals surface area contributed by atoms with Crippen molar-refractivity contribution in [1.82, 2.24) is 0 Å². The van der Waals surface area contributed by atoms with E-state index >= 15 is 0 Å². The minimum atomic E-state index is -0.462. The Balaban J connectivity index is 2.11. The molecule has 2 unspecified atom stereocenters. The Hall–Kier alpha value is 0.390. The molecular weight excluding hydrogens is 295 g/mol. The number of rotatable bonds is 3. The molecule has 1 aliphatic carbocycles. The number of thiophene rings is 1. The van der Waals surface area contributed by atoms with Crippen molar-refractivity contribution in [3.05, 3.63) is 19.9 Å². The average Bonchev–Trinajstić information content (AvgIpc) is 2.57. The van der Waals surface area contributed by atoms with Crippen LogP contribution in [-0.4, -0.2) is 5.11 Å². The zero-order valence-corrected chi connectivity index (χ0v) is 10.6. The minimum Gasteiger partial charge on any atom is -0.385 e. The van der Waals surface area contributed by atoms with Gasteiger partial charge in [0.05, 0.1) is 8.48 Å². The van der Waals surface area contributed by atoms with Crippen LogP contribution in [-0.2, 0) is 5.60 Å². The van der Waals surface area contributed by atoms with Crippen LogP contribution >= 0.6 is 33.9 Å². The monoisotopic (exact) mass is 308 g/mol. The molecule has 1 N–H and O–H groups in total. The molecule has 0 spiro atoms. The molecular formula is C10H13IOS. The predicted octanol–water partition coefficient (Wildman–Crippen LogP) is 3.36. The first kappa shape index (κ1) is 9.93. The molecule has 0 aromatic carbocycles. The standard InChI is InChI=1S/C10H13IOS/c1-2-3-7-5-10(7,12)8-4-9(11)13-6-8/h4,6-7,12H,2-3,5H2,1H3. The largest absolute Gasteiger partial charge is 0.385 e. The number of hydrogen-bond acceptors (Lipinski definition) is 2. The van der Waals surface area contributed by atoms with Gasteiger partial charge in [-0.25, -0.2) is 0 Å². The molecule has 3 heteroatoms. The van der Waals surface area contributed by atoms with Gasteiger partial charge in [0, 0.05) is 0 Å². The van der Waals surface area contributed by atoms with Crippen LogP contribution in [0.3, 0.4) is 0 Å². The van der Waals surface area contributed by atoms with Gasteiger partial charge in [-0.05, 0) is 58.4 Å². The molecule has 1 aliphatic rings. The summed E-state index contributed by atoms with van der Waals surface area (Å²) in [6.07, 6.45) is 3.30. The van der Waals surface area contributed by atoms with Crippen molar-refractivity contribution in [3.63, 3.8) is 0 Å². The van der Waals surface area contributed by atoms with E-state index in [1.54, 1.807) is 11.3 Å². The third-order valence-electron chi connectivity index (χ3n) is 2.78. The third-order valence-corrected chi connectivity index (χ3v) is 4.57. The lowest BCUT2D eigenvalue weighted by Gasteiger charge is -2.06. The smallest absolute Gasteiger partial charge is 0.0937 e. The summed E-state index contributed by atoms with van der Waals surface area (Å²) in [6.45, 7) is 2.18. The average molecular weight is 308 g/mol. The van der Waals surface area contributed by atoms with E-state index in [9.17, 15) is 5.11 Å². The van der Waals surface area contributed by atoms with Gasteiger partial charge in [0.25, 0.3) is 0 Å². The summed E-state index contributed by atoms with van der Waals surface area (Å²) in [5, 5.41) is 12.3. The molecule has 1 nitrogen and oxygen atoms in total. The Morgan fingerprint density at radius 1 is 1.77 bits per heavy atom. The lowest BCUT2D eigenvalue weighted by molar-refractivity contribution is 0.129. The quantitative estimate of drug-likeness (QED) is 0.849. The van der Waals surface area contributed by atoms with E-state index in [-0.39, 0.29) is 0 Å². The van der Waals surface area contributed by atoms with E-state index in [1.165, 1.54) is 9.30 Å². The van der Waals surface area contributed by atoms with Crippen molar-refractivity contribution in [1.29, 1.82) is 0 Å². The van der Waals surface area contributed by atoms with Gasteiger partial charge in [0.2, 0.25) is 0 Å². The van der Waals surface area contributed by atoms with Crippen molar-refractivity contribution in [2.24, 2.45) is 5.92 Å². The molecule has 1 fully saturated rings. The molecule has 0 radical (unpaired) electrons. The Morgan fingerprint density at radius 3 is 3.08 bits per heavy atom. The van der Waals surface area contributed by atoms with Crippen LogP contribution in [0.15, 0.2) is 11.4 Å². The van der Waals surface area contributed by atoms with Crippen LogP contribution < -0.4 is 0 Å². The Kier molecular flexibility index (Phi) is 2.68. The molecule has 0 amide bonds. The van der Waals surface area contributed by atoms with E-state index < -0.39 is 5.60 Å². The topological polar surface area (TPSA) is 20.2 Å². The summed E-state index contributed by atoms with van der Waals surface area (Å²) in [7, 11) is 0. The second-order valence-electron chi connectivity index (χ2n) is 3.75. The number of halogens is 1. The van der Waals surface area contributed by atoms with Gasteiger partial charge in [-0.2, -0.15) is 0 Å². The Bertz CT molecular complexity index is 310. The molecule has 0 aliphatic heterocycles. The molecule has 1 aromatic heterocycles. The molecule has 0 saturated heterocycles. The van der Waals surface area contributed by atoms with Crippen LogP contribution in [0.1, 0.15) is 31.7 Å². The highest BCUT2D eigenvalue weighted by Crippen LogP contribution is 2.55. The van der Waals surface area contributed by atoms with Gasteiger partial charge in [-0.15, -0.1) is 11.3 Å². The van der Waals surface area contributed by atoms with Gasteiger partial charge in [-0.3, -0.25) is 0 Å². The van der Waals surface area contributed by atoms with Gasteiger partial charge in [0.15, 0.2) is 0 Å². The van der Waals surface area contributed by atoms with E-state index in [2.05, 4.69) is 41.0 Å². The molecule has 2 rings (SSSR count). The van der Waals surface area contributed by atoms with E-state index in [4.69, 9.17) is 0 Å². The summed E-state index contributed by atoms with van der Waals surface area (Å²) in [5.41, 5.74) is 0.677. The van der Waals surface area contributed by atoms with Crippen molar-refractivity contribution in [2.75, 3.05) is 0 Å². The first-order chi connectivity index (χ1) is 6.16. The van der Waals surface area contributed by atoms with Crippen molar-refractivity contribution < 1.29 is 5.11 Å². The zero-order valence-electron chi connectivity index (χ0n) is 7.59. The summed E-state index contributed by atoms with van der Waals surface area (Å²) in [6, 6.07) is 2.11. The maximum atomic E-state index is 10.2. The van der Waals surface area contributed by atoms with Gasteiger partial charge in [-0.1, -0.05) is 13.3 Å². The summed E-state index contributed by atoms with van der Waals surface area (Å²) in [5.74, 6) is 0.517. The minimum absolute atomic E-state index is 0.462. The molecule has 72 valence electrons. The fourth-order valence-electron chi connectivity index (χ4n) is 1.90. The Morgan fingerprint density at radius 2 is 2.54 bits per heavy atom. The third kappa shape index (κ3) is 1.78.